The van der Waals surface area contributed by atoms with Gasteiger partial charge in [-0.3, -0.25) is 9.59 Å². The van der Waals surface area contributed by atoms with Crippen LogP contribution in [0.25, 0.3) is 11.5 Å². The number of benzene rings is 2. The molecule has 0 atom stereocenters. The maximum absolute atomic E-state index is 12.2. The van der Waals surface area contributed by atoms with Gasteiger partial charge in [0.2, 0.25) is 5.89 Å². The third-order valence-electron chi connectivity index (χ3n) is 4.38. The molecule has 0 unspecified atom stereocenters. The fourth-order valence-corrected chi connectivity index (χ4v) is 2.90. The highest BCUT2D eigenvalue weighted by Gasteiger charge is 2.13. The summed E-state index contributed by atoms with van der Waals surface area (Å²) in [6, 6.07) is 14.1. The van der Waals surface area contributed by atoms with Gasteiger partial charge in [0.1, 0.15) is 17.8 Å². The van der Waals surface area contributed by atoms with Crippen LogP contribution in [0.4, 0.5) is 0 Å². The molecule has 7 nitrogen and oxygen atoms in total. The number of ketones is 1. The highest BCUT2D eigenvalue weighted by atomic mass is 16.3. The molecule has 1 amide bonds. The van der Waals surface area contributed by atoms with Gasteiger partial charge in [-0.05, 0) is 41.8 Å². The van der Waals surface area contributed by atoms with E-state index in [0.717, 1.165) is 16.7 Å². The summed E-state index contributed by atoms with van der Waals surface area (Å²) in [4.78, 5) is 28.5. The number of aromatic hydroxyl groups is 1. The minimum absolute atomic E-state index is 0.0494. The number of amides is 1. The standard InChI is InChI=1S/C22H23N3O4/c23-13-16-5-1-6-17(10-16)22-25-20(14-29-22)21(28)24-9-3-8-19(27)12-15-4-2-7-18(26)11-15/h1-2,4-7,10-11,14,26H,3,8-9,12-13,23H2,(H,24,28). The van der Waals surface area contributed by atoms with Gasteiger partial charge < -0.3 is 20.6 Å². The summed E-state index contributed by atoms with van der Waals surface area (Å²) in [5.74, 6) is 0.194. The fourth-order valence-electron chi connectivity index (χ4n) is 2.90. The van der Waals surface area contributed by atoms with Crippen LogP contribution in [0.3, 0.4) is 0 Å². The normalized spacial score (nSPS) is 10.7. The monoisotopic (exact) mass is 393 g/mol. The van der Waals surface area contributed by atoms with Gasteiger partial charge in [0.25, 0.3) is 5.91 Å². The Balaban J connectivity index is 1.45. The van der Waals surface area contributed by atoms with Crippen molar-refractivity contribution >= 4 is 11.7 Å². The van der Waals surface area contributed by atoms with E-state index in [0.29, 0.717) is 31.8 Å². The Morgan fingerprint density at radius 1 is 1.10 bits per heavy atom. The van der Waals surface area contributed by atoms with Crippen molar-refractivity contribution in [3.63, 3.8) is 0 Å². The second kappa shape index (κ2) is 9.66. The minimum atomic E-state index is -0.351. The van der Waals surface area contributed by atoms with E-state index < -0.39 is 0 Å². The molecular weight excluding hydrogens is 370 g/mol. The number of rotatable bonds is 9. The zero-order valence-corrected chi connectivity index (χ0v) is 15.9. The van der Waals surface area contributed by atoms with Gasteiger partial charge in [-0.2, -0.15) is 0 Å². The van der Waals surface area contributed by atoms with Crippen molar-refractivity contribution in [2.24, 2.45) is 5.73 Å². The van der Waals surface area contributed by atoms with Gasteiger partial charge in [0.15, 0.2) is 5.69 Å². The highest BCUT2D eigenvalue weighted by molar-refractivity contribution is 5.92. The predicted molar refractivity (Wildman–Crippen MR) is 108 cm³/mol. The van der Waals surface area contributed by atoms with Gasteiger partial charge in [-0.1, -0.05) is 24.3 Å². The molecule has 0 radical (unpaired) electrons. The third-order valence-corrected chi connectivity index (χ3v) is 4.38. The molecule has 0 aliphatic heterocycles. The van der Waals surface area contributed by atoms with Gasteiger partial charge in [-0.25, -0.2) is 4.98 Å². The Morgan fingerprint density at radius 2 is 1.90 bits per heavy atom. The first-order valence-electron chi connectivity index (χ1n) is 9.38. The van der Waals surface area contributed by atoms with E-state index in [4.69, 9.17) is 10.2 Å². The van der Waals surface area contributed by atoms with Crippen LogP contribution in [0.2, 0.25) is 0 Å². The molecule has 4 N–H and O–H groups in total. The van der Waals surface area contributed by atoms with E-state index in [-0.39, 0.29) is 29.6 Å². The second-order valence-corrected chi connectivity index (χ2v) is 6.69. The SMILES string of the molecule is NCc1cccc(-c2nc(C(=O)NCCCC(=O)Cc3cccc(O)c3)co2)c1. The van der Waals surface area contributed by atoms with Crippen LogP contribution in [0.15, 0.2) is 59.2 Å². The van der Waals surface area contributed by atoms with E-state index in [9.17, 15) is 14.7 Å². The maximum Gasteiger partial charge on any atom is 0.273 e. The molecule has 0 saturated heterocycles. The lowest BCUT2D eigenvalue weighted by atomic mass is 10.1. The summed E-state index contributed by atoms with van der Waals surface area (Å²) in [5.41, 5.74) is 8.30. The lowest BCUT2D eigenvalue weighted by Crippen LogP contribution is -2.25. The zero-order valence-electron chi connectivity index (χ0n) is 15.9. The average molecular weight is 393 g/mol. The lowest BCUT2D eigenvalue weighted by molar-refractivity contribution is -0.118. The van der Waals surface area contributed by atoms with Crippen molar-refractivity contribution in [3.8, 4) is 17.2 Å². The molecule has 0 saturated carbocycles. The summed E-state index contributed by atoms with van der Waals surface area (Å²) >= 11 is 0. The number of phenols is 1. The largest absolute Gasteiger partial charge is 0.508 e. The number of hydrogen-bond acceptors (Lipinski definition) is 6. The molecule has 29 heavy (non-hydrogen) atoms. The van der Waals surface area contributed by atoms with Crippen molar-refractivity contribution in [3.05, 3.63) is 71.6 Å². The minimum Gasteiger partial charge on any atom is -0.508 e. The van der Waals surface area contributed by atoms with Crippen LogP contribution in [0, 0.1) is 0 Å². The predicted octanol–water partition coefficient (Wildman–Crippen LogP) is 2.83. The summed E-state index contributed by atoms with van der Waals surface area (Å²) in [7, 11) is 0. The van der Waals surface area contributed by atoms with Gasteiger partial charge in [0, 0.05) is 31.5 Å². The second-order valence-electron chi connectivity index (χ2n) is 6.69. The molecule has 0 aliphatic rings. The number of carbonyl (C=O) groups excluding carboxylic acids is 2. The molecule has 0 aliphatic carbocycles. The summed E-state index contributed by atoms with van der Waals surface area (Å²) in [5, 5.41) is 12.2. The van der Waals surface area contributed by atoms with Crippen LogP contribution in [0.5, 0.6) is 5.75 Å². The average Bonchev–Trinajstić information content (AvgIpc) is 3.21. The smallest absolute Gasteiger partial charge is 0.273 e. The number of aromatic nitrogens is 1. The van der Waals surface area contributed by atoms with Gasteiger partial charge in [0.05, 0.1) is 0 Å². The van der Waals surface area contributed by atoms with Crippen molar-refractivity contribution < 1.29 is 19.1 Å². The zero-order chi connectivity index (χ0) is 20.6. The molecule has 7 heteroatoms. The lowest BCUT2D eigenvalue weighted by Gasteiger charge is -2.04. The summed E-state index contributed by atoms with van der Waals surface area (Å²) < 4.78 is 5.40. The first-order chi connectivity index (χ1) is 14.0. The molecule has 1 heterocycles. The topological polar surface area (TPSA) is 118 Å². The molecule has 2 aromatic carbocycles. The first-order valence-corrected chi connectivity index (χ1v) is 9.38. The van der Waals surface area contributed by atoms with Crippen molar-refractivity contribution in [1.82, 2.24) is 10.3 Å². The number of phenolic OH excluding ortho intramolecular Hbond substituents is 1. The number of carbonyl (C=O) groups is 2. The Morgan fingerprint density at radius 3 is 2.69 bits per heavy atom. The molecule has 0 fully saturated rings. The van der Waals surface area contributed by atoms with Crippen molar-refractivity contribution in [2.45, 2.75) is 25.8 Å². The Hall–Kier alpha value is -3.45. The fraction of sp³-hybridized carbons (Fsp3) is 0.227. The Bertz CT molecular complexity index is 997. The molecule has 3 aromatic rings. The summed E-state index contributed by atoms with van der Waals surface area (Å²) in [6.07, 6.45) is 2.43. The number of Topliss-reactive ketones (excluding diaryl/α,β-unsaturated/α-hetero) is 1. The molecule has 0 spiro atoms. The van der Waals surface area contributed by atoms with Crippen LogP contribution >= 0.6 is 0 Å². The van der Waals surface area contributed by atoms with Crippen LogP contribution in [0.1, 0.15) is 34.5 Å². The van der Waals surface area contributed by atoms with Gasteiger partial charge >= 0.3 is 0 Å². The molecule has 1 aromatic heterocycles. The molecule has 0 bridgehead atoms. The third kappa shape index (κ3) is 5.76. The molecular formula is C22H23N3O4. The quantitative estimate of drug-likeness (QED) is 0.481. The maximum atomic E-state index is 12.2. The molecule has 3 rings (SSSR count). The van der Waals surface area contributed by atoms with Crippen LogP contribution in [-0.4, -0.2) is 28.3 Å². The van der Waals surface area contributed by atoms with E-state index in [1.54, 1.807) is 24.3 Å². The summed E-state index contributed by atoms with van der Waals surface area (Å²) in [6.45, 7) is 0.765. The number of nitrogens with one attached hydrogen (secondary N) is 1. The Kier molecular flexibility index (Phi) is 6.76. The number of oxazole rings is 1. The van der Waals surface area contributed by atoms with Crippen molar-refractivity contribution in [1.29, 1.82) is 0 Å². The van der Waals surface area contributed by atoms with Crippen LogP contribution in [-0.2, 0) is 17.8 Å². The van der Waals surface area contributed by atoms with E-state index >= 15 is 0 Å². The van der Waals surface area contributed by atoms with E-state index in [1.165, 1.54) is 6.26 Å². The van der Waals surface area contributed by atoms with Gasteiger partial charge in [-0.15, -0.1) is 0 Å². The number of nitrogens with two attached hydrogens (primary N) is 1. The van der Waals surface area contributed by atoms with Crippen molar-refractivity contribution in [2.75, 3.05) is 6.54 Å². The van der Waals surface area contributed by atoms with Crippen LogP contribution < -0.4 is 11.1 Å². The number of hydrogen-bond donors (Lipinski definition) is 3. The molecule has 150 valence electrons. The first kappa shape index (κ1) is 20.3. The highest BCUT2D eigenvalue weighted by Crippen LogP contribution is 2.20. The number of nitrogens with zero attached hydrogens (tertiary/aromatic N) is 1. The Labute approximate surface area is 168 Å². The van der Waals surface area contributed by atoms with E-state index in [1.807, 2.05) is 24.3 Å². The van der Waals surface area contributed by atoms with E-state index in [2.05, 4.69) is 10.3 Å².